The molecule has 0 amide bonds. The average molecular weight is 345 g/mol. The van der Waals surface area contributed by atoms with E-state index in [0.29, 0.717) is 17.9 Å². The molecular weight excluding hydrogens is 322 g/mol. The van der Waals surface area contributed by atoms with E-state index in [1.807, 2.05) is 42.3 Å². The monoisotopic (exact) mass is 345 g/mol. The maximum atomic E-state index is 10.9. The largest absolute Gasteiger partial charge is 0.497 e. The summed E-state index contributed by atoms with van der Waals surface area (Å²) < 4.78 is 16.1. The summed E-state index contributed by atoms with van der Waals surface area (Å²) >= 11 is 0. The highest BCUT2D eigenvalue weighted by molar-refractivity contribution is 5.72. The first-order valence-corrected chi connectivity index (χ1v) is 7.84. The molecule has 0 unspecified atom stereocenters. The predicted octanol–water partition coefficient (Wildman–Crippen LogP) is 3.50. The quantitative estimate of drug-likeness (QED) is 0.790. The van der Waals surface area contributed by atoms with E-state index < -0.39 is 5.97 Å². The molecule has 0 aromatic heterocycles. The maximum absolute atomic E-state index is 10.9. The third-order valence-electron chi connectivity index (χ3n) is 4.01. The molecule has 0 heterocycles. The molecular formula is C19H23NO5. The normalized spacial score (nSPS) is 10.2. The summed E-state index contributed by atoms with van der Waals surface area (Å²) in [5.41, 5.74) is 2.60. The van der Waals surface area contributed by atoms with Gasteiger partial charge in [-0.15, -0.1) is 0 Å². The van der Waals surface area contributed by atoms with E-state index >= 15 is 0 Å². The summed E-state index contributed by atoms with van der Waals surface area (Å²) in [6.45, 7) is 0. The van der Waals surface area contributed by atoms with Gasteiger partial charge in [-0.2, -0.15) is 0 Å². The smallest absolute Gasteiger partial charge is 0.303 e. The van der Waals surface area contributed by atoms with E-state index in [2.05, 4.69) is 0 Å². The van der Waals surface area contributed by atoms with Crippen molar-refractivity contribution in [1.29, 1.82) is 0 Å². The molecule has 2 aromatic carbocycles. The van der Waals surface area contributed by atoms with Crippen LogP contribution < -0.4 is 19.1 Å². The molecule has 2 aromatic rings. The van der Waals surface area contributed by atoms with Gasteiger partial charge >= 0.3 is 5.97 Å². The van der Waals surface area contributed by atoms with Crippen LogP contribution in [0.25, 0.3) is 0 Å². The standard InChI is InChI=1S/C19H23NO5/c1-20(14-6-8-15(23-2)9-7-14)16-11-13(5-10-19(21)22)17(24-3)12-18(16)25-4/h6-9,11-12H,5,10H2,1-4H3,(H,21,22). The Kier molecular flexibility index (Phi) is 6.11. The number of aliphatic carboxylic acids is 1. The van der Waals surface area contributed by atoms with Crippen LogP contribution >= 0.6 is 0 Å². The van der Waals surface area contributed by atoms with E-state index in [9.17, 15) is 4.79 Å². The Labute approximate surface area is 147 Å². The summed E-state index contributed by atoms with van der Waals surface area (Å²) in [5.74, 6) is 1.20. The van der Waals surface area contributed by atoms with Gasteiger partial charge < -0.3 is 24.2 Å². The van der Waals surface area contributed by atoms with Gasteiger partial charge in [-0.05, 0) is 42.3 Å². The van der Waals surface area contributed by atoms with Gasteiger partial charge in [0.05, 0.1) is 27.0 Å². The van der Waals surface area contributed by atoms with Crippen molar-refractivity contribution in [2.45, 2.75) is 12.8 Å². The highest BCUT2D eigenvalue weighted by Crippen LogP contribution is 2.38. The highest BCUT2D eigenvalue weighted by atomic mass is 16.5. The fourth-order valence-corrected chi connectivity index (χ4v) is 2.59. The molecule has 2 rings (SSSR count). The molecule has 1 N–H and O–H groups in total. The second-order valence-corrected chi connectivity index (χ2v) is 5.49. The van der Waals surface area contributed by atoms with E-state index in [-0.39, 0.29) is 6.42 Å². The van der Waals surface area contributed by atoms with Crippen molar-refractivity contribution in [3.8, 4) is 17.2 Å². The molecule has 0 aliphatic heterocycles. The minimum atomic E-state index is -0.845. The van der Waals surface area contributed by atoms with Gasteiger partial charge in [0.1, 0.15) is 17.2 Å². The molecule has 0 atom stereocenters. The number of anilines is 2. The summed E-state index contributed by atoms with van der Waals surface area (Å²) in [6.07, 6.45) is 0.417. The molecule has 134 valence electrons. The average Bonchev–Trinajstić information content (AvgIpc) is 2.65. The number of carbonyl (C=O) groups is 1. The van der Waals surface area contributed by atoms with Crippen LogP contribution in [-0.4, -0.2) is 39.5 Å². The fraction of sp³-hybridized carbons (Fsp3) is 0.316. The lowest BCUT2D eigenvalue weighted by molar-refractivity contribution is -0.136. The van der Waals surface area contributed by atoms with Gasteiger partial charge in [0, 0.05) is 25.2 Å². The number of methoxy groups -OCH3 is 3. The lowest BCUT2D eigenvalue weighted by Gasteiger charge is -2.24. The van der Waals surface area contributed by atoms with E-state index in [1.165, 1.54) is 0 Å². The van der Waals surface area contributed by atoms with Crippen LogP contribution in [0.15, 0.2) is 36.4 Å². The highest BCUT2D eigenvalue weighted by Gasteiger charge is 2.16. The van der Waals surface area contributed by atoms with Crippen molar-refractivity contribution in [3.63, 3.8) is 0 Å². The number of nitrogens with zero attached hydrogens (tertiary/aromatic N) is 1. The number of hydrogen-bond acceptors (Lipinski definition) is 5. The number of carboxylic acids is 1. The topological polar surface area (TPSA) is 68.2 Å². The lowest BCUT2D eigenvalue weighted by Crippen LogP contribution is -2.12. The fourth-order valence-electron chi connectivity index (χ4n) is 2.59. The van der Waals surface area contributed by atoms with Crippen LogP contribution in [-0.2, 0) is 11.2 Å². The zero-order valence-electron chi connectivity index (χ0n) is 14.9. The van der Waals surface area contributed by atoms with Crippen molar-refractivity contribution in [1.82, 2.24) is 0 Å². The van der Waals surface area contributed by atoms with E-state index in [0.717, 1.165) is 22.7 Å². The van der Waals surface area contributed by atoms with Crippen molar-refractivity contribution in [2.24, 2.45) is 0 Å². The Hall–Kier alpha value is -2.89. The minimum absolute atomic E-state index is 0.0361. The number of hydrogen-bond donors (Lipinski definition) is 1. The van der Waals surface area contributed by atoms with Crippen molar-refractivity contribution < 1.29 is 24.1 Å². The maximum Gasteiger partial charge on any atom is 0.303 e. The Morgan fingerprint density at radius 3 is 2.16 bits per heavy atom. The van der Waals surface area contributed by atoms with Gasteiger partial charge in [-0.1, -0.05) is 0 Å². The van der Waals surface area contributed by atoms with Crippen LogP contribution in [0.5, 0.6) is 17.2 Å². The van der Waals surface area contributed by atoms with Gasteiger partial charge in [-0.25, -0.2) is 0 Å². The van der Waals surface area contributed by atoms with Crippen molar-refractivity contribution in [3.05, 3.63) is 42.0 Å². The first kappa shape index (κ1) is 18.4. The summed E-state index contributed by atoms with van der Waals surface area (Å²) in [5, 5.41) is 8.96. The molecule has 6 nitrogen and oxygen atoms in total. The molecule has 0 aliphatic carbocycles. The number of carboxylic acid groups (broad SMARTS) is 1. The number of rotatable bonds is 8. The lowest BCUT2D eigenvalue weighted by atomic mass is 10.1. The summed E-state index contributed by atoms with van der Waals surface area (Å²) in [6, 6.07) is 11.3. The van der Waals surface area contributed by atoms with Crippen LogP contribution in [0.3, 0.4) is 0 Å². The molecule has 0 fully saturated rings. The second-order valence-electron chi connectivity index (χ2n) is 5.49. The van der Waals surface area contributed by atoms with Crippen LogP contribution in [0.4, 0.5) is 11.4 Å². The second kappa shape index (κ2) is 8.28. The molecule has 0 spiro atoms. The van der Waals surface area contributed by atoms with Gasteiger partial charge in [0.25, 0.3) is 0 Å². The third kappa shape index (κ3) is 4.35. The van der Waals surface area contributed by atoms with Gasteiger partial charge in [-0.3, -0.25) is 4.79 Å². The Morgan fingerprint density at radius 1 is 1.00 bits per heavy atom. The zero-order valence-corrected chi connectivity index (χ0v) is 14.9. The Bertz CT molecular complexity index is 727. The first-order valence-electron chi connectivity index (χ1n) is 7.84. The van der Waals surface area contributed by atoms with Gasteiger partial charge in [0.2, 0.25) is 0 Å². The van der Waals surface area contributed by atoms with Crippen molar-refractivity contribution in [2.75, 3.05) is 33.3 Å². The van der Waals surface area contributed by atoms with Crippen LogP contribution in [0.2, 0.25) is 0 Å². The predicted molar refractivity (Wildman–Crippen MR) is 96.6 cm³/mol. The number of ether oxygens (including phenoxy) is 3. The van der Waals surface area contributed by atoms with Crippen molar-refractivity contribution >= 4 is 17.3 Å². The number of aryl methyl sites for hydroxylation is 1. The minimum Gasteiger partial charge on any atom is -0.497 e. The van der Waals surface area contributed by atoms with Crippen LogP contribution in [0, 0.1) is 0 Å². The zero-order chi connectivity index (χ0) is 18.4. The molecule has 6 heteroatoms. The molecule has 0 aliphatic rings. The summed E-state index contributed by atoms with van der Waals surface area (Å²) in [7, 11) is 6.70. The first-order chi connectivity index (χ1) is 12.0. The molecule has 0 saturated carbocycles. The SMILES string of the molecule is COc1ccc(N(C)c2cc(CCC(=O)O)c(OC)cc2OC)cc1. The van der Waals surface area contributed by atoms with E-state index in [1.54, 1.807) is 27.4 Å². The van der Waals surface area contributed by atoms with Crippen LogP contribution in [0.1, 0.15) is 12.0 Å². The molecule has 0 radical (unpaired) electrons. The molecule has 25 heavy (non-hydrogen) atoms. The molecule has 0 bridgehead atoms. The summed E-state index contributed by atoms with van der Waals surface area (Å²) in [4.78, 5) is 12.9. The third-order valence-corrected chi connectivity index (χ3v) is 4.01. The molecule has 0 saturated heterocycles. The Morgan fingerprint density at radius 2 is 1.64 bits per heavy atom. The Balaban J connectivity index is 2.42. The number of benzene rings is 2. The van der Waals surface area contributed by atoms with E-state index in [4.69, 9.17) is 19.3 Å². The van der Waals surface area contributed by atoms with Gasteiger partial charge in [0.15, 0.2) is 0 Å².